The van der Waals surface area contributed by atoms with Crippen LogP contribution in [0.15, 0.2) is 29.6 Å². The zero-order valence-corrected chi connectivity index (χ0v) is 10.3. The monoisotopic (exact) mass is 255 g/mol. The summed E-state index contributed by atoms with van der Waals surface area (Å²) >= 11 is 7.50. The van der Waals surface area contributed by atoms with Crippen molar-refractivity contribution in [1.82, 2.24) is 0 Å². The fraction of sp³-hybridized carbons (Fsp3) is 0.167. The van der Waals surface area contributed by atoms with Crippen molar-refractivity contribution in [3.8, 4) is 0 Å². The van der Waals surface area contributed by atoms with E-state index in [1.54, 1.807) is 12.1 Å². The van der Waals surface area contributed by atoms with Gasteiger partial charge in [-0.15, -0.1) is 11.3 Å². The SMILES string of the molecule is Cc1ccsc1C(N)c1c(F)cccc1Cl. The van der Waals surface area contributed by atoms with Gasteiger partial charge in [0.15, 0.2) is 0 Å². The third-order valence-electron chi connectivity index (χ3n) is 2.49. The van der Waals surface area contributed by atoms with Crippen LogP contribution in [0.2, 0.25) is 5.02 Å². The first-order valence-electron chi connectivity index (χ1n) is 4.84. The Kier molecular flexibility index (Phi) is 3.28. The van der Waals surface area contributed by atoms with Crippen LogP contribution in [-0.2, 0) is 0 Å². The van der Waals surface area contributed by atoms with Crippen LogP contribution >= 0.6 is 22.9 Å². The average Bonchev–Trinajstić information content (AvgIpc) is 2.64. The molecule has 1 heterocycles. The Morgan fingerprint density at radius 2 is 2.12 bits per heavy atom. The summed E-state index contributed by atoms with van der Waals surface area (Å²) in [5.41, 5.74) is 7.49. The number of hydrogen-bond donors (Lipinski definition) is 1. The molecule has 4 heteroatoms. The summed E-state index contributed by atoms with van der Waals surface area (Å²) in [5.74, 6) is -0.354. The molecule has 1 nitrogen and oxygen atoms in total. The second-order valence-electron chi connectivity index (χ2n) is 3.58. The molecule has 84 valence electrons. The third-order valence-corrected chi connectivity index (χ3v) is 3.93. The van der Waals surface area contributed by atoms with Gasteiger partial charge in [0, 0.05) is 15.5 Å². The molecule has 1 aromatic carbocycles. The summed E-state index contributed by atoms with van der Waals surface area (Å²) < 4.78 is 13.7. The van der Waals surface area contributed by atoms with Crippen LogP contribution in [0.5, 0.6) is 0 Å². The van der Waals surface area contributed by atoms with Gasteiger partial charge in [-0.3, -0.25) is 0 Å². The minimum atomic E-state index is -0.492. The lowest BCUT2D eigenvalue weighted by molar-refractivity contribution is 0.601. The zero-order chi connectivity index (χ0) is 11.7. The smallest absolute Gasteiger partial charge is 0.129 e. The van der Waals surface area contributed by atoms with Gasteiger partial charge in [0.2, 0.25) is 0 Å². The van der Waals surface area contributed by atoms with Crippen LogP contribution in [0.25, 0.3) is 0 Å². The molecule has 0 fully saturated rings. The molecule has 1 atom stereocenters. The molecule has 1 unspecified atom stereocenters. The lowest BCUT2D eigenvalue weighted by Gasteiger charge is -2.14. The molecule has 0 aliphatic carbocycles. The lowest BCUT2D eigenvalue weighted by atomic mass is 10.0. The molecular weight excluding hydrogens is 245 g/mol. The Bertz CT molecular complexity index is 489. The minimum absolute atomic E-state index is 0.354. The van der Waals surface area contributed by atoms with Crippen molar-refractivity contribution in [3.63, 3.8) is 0 Å². The summed E-state index contributed by atoms with van der Waals surface area (Å²) in [6, 6.07) is 6.09. The van der Waals surface area contributed by atoms with Crippen molar-refractivity contribution < 1.29 is 4.39 Å². The van der Waals surface area contributed by atoms with Crippen molar-refractivity contribution in [2.45, 2.75) is 13.0 Å². The summed E-state index contributed by atoms with van der Waals surface area (Å²) in [6.07, 6.45) is 0. The molecule has 0 aliphatic heterocycles. The molecule has 0 spiro atoms. The number of hydrogen-bond acceptors (Lipinski definition) is 2. The Morgan fingerprint density at radius 3 is 2.69 bits per heavy atom. The van der Waals surface area contributed by atoms with Crippen LogP contribution in [-0.4, -0.2) is 0 Å². The number of thiophene rings is 1. The van der Waals surface area contributed by atoms with Gasteiger partial charge in [0.25, 0.3) is 0 Å². The lowest BCUT2D eigenvalue weighted by Crippen LogP contribution is -2.13. The van der Waals surface area contributed by atoms with Crippen LogP contribution in [0.3, 0.4) is 0 Å². The summed E-state index contributed by atoms with van der Waals surface area (Å²) in [7, 11) is 0. The topological polar surface area (TPSA) is 26.0 Å². The number of aryl methyl sites for hydroxylation is 1. The van der Waals surface area contributed by atoms with Gasteiger partial charge in [-0.2, -0.15) is 0 Å². The van der Waals surface area contributed by atoms with E-state index < -0.39 is 6.04 Å². The molecular formula is C12H11ClFNS. The molecule has 2 aromatic rings. The Labute approximate surface area is 103 Å². The first-order valence-corrected chi connectivity index (χ1v) is 6.10. The normalized spacial score (nSPS) is 12.8. The summed E-state index contributed by atoms with van der Waals surface area (Å²) in [6.45, 7) is 1.96. The maximum absolute atomic E-state index is 13.7. The van der Waals surface area contributed by atoms with Gasteiger partial charge in [0.1, 0.15) is 5.82 Å². The predicted molar refractivity (Wildman–Crippen MR) is 66.5 cm³/mol. The molecule has 0 amide bonds. The highest BCUT2D eigenvalue weighted by Crippen LogP contribution is 2.32. The zero-order valence-electron chi connectivity index (χ0n) is 8.71. The third kappa shape index (κ3) is 1.98. The molecule has 2 rings (SSSR count). The Morgan fingerprint density at radius 1 is 1.38 bits per heavy atom. The molecule has 16 heavy (non-hydrogen) atoms. The van der Waals surface area contributed by atoms with Gasteiger partial charge < -0.3 is 5.73 Å². The first kappa shape index (κ1) is 11.6. The van der Waals surface area contributed by atoms with Crippen LogP contribution in [0, 0.1) is 12.7 Å². The molecule has 0 bridgehead atoms. The van der Waals surface area contributed by atoms with E-state index in [0.29, 0.717) is 10.6 Å². The maximum atomic E-state index is 13.7. The van der Waals surface area contributed by atoms with E-state index in [1.165, 1.54) is 17.4 Å². The molecule has 2 N–H and O–H groups in total. The van der Waals surface area contributed by atoms with Gasteiger partial charge in [-0.1, -0.05) is 17.7 Å². The Balaban J connectivity index is 2.49. The van der Waals surface area contributed by atoms with E-state index in [0.717, 1.165) is 10.4 Å². The first-order chi connectivity index (χ1) is 7.61. The van der Waals surface area contributed by atoms with Crippen LogP contribution < -0.4 is 5.73 Å². The van der Waals surface area contributed by atoms with E-state index in [4.69, 9.17) is 17.3 Å². The summed E-state index contributed by atoms with van der Waals surface area (Å²) in [5, 5.41) is 2.32. The van der Waals surface area contributed by atoms with Crippen molar-refractivity contribution in [3.05, 3.63) is 56.5 Å². The Hall–Kier alpha value is -0.900. The minimum Gasteiger partial charge on any atom is -0.319 e. The highest BCUT2D eigenvalue weighted by Gasteiger charge is 2.19. The molecule has 0 saturated carbocycles. The summed E-state index contributed by atoms with van der Waals surface area (Å²) in [4.78, 5) is 0.951. The standard InChI is InChI=1S/C12H11ClFNS/c1-7-5-6-16-12(7)11(15)10-8(13)3-2-4-9(10)14/h2-6,11H,15H2,1H3. The highest BCUT2D eigenvalue weighted by atomic mass is 35.5. The number of nitrogens with two attached hydrogens (primary N) is 1. The van der Waals surface area contributed by atoms with Crippen molar-refractivity contribution in [2.24, 2.45) is 5.73 Å². The average molecular weight is 256 g/mol. The quantitative estimate of drug-likeness (QED) is 0.866. The van der Waals surface area contributed by atoms with Crippen LogP contribution in [0.1, 0.15) is 22.0 Å². The van der Waals surface area contributed by atoms with E-state index in [2.05, 4.69) is 0 Å². The van der Waals surface area contributed by atoms with Gasteiger partial charge in [-0.25, -0.2) is 4.39 Å². The largest absolute Gasteiger partial charge is 0.319 e. The van der Waals surface area contributed by atoms with E-state index in [9.17, 15) is 4.39 Å². The highest BCUT2D eigenvalue weighted by molar-refractivity contribution is 7.10. The fourth-order valence-electron chi connectivity index (χ4n) is 1.64. The second kappa shape index (κ2) is 4.53. The number of rotatable bonds is 2. The van der Waals surface area contributed by atoms with E-state index in [-0.39, 0.29) is 5.82 Å². The second-order valence-corrected chi connectivity index (χ2v) is 4.94. The molecule has 0 aliphatic rings. The van der Waals surface area contributed by atoms with Crippen molar-refractivity contribution >= 4 is 22.9 Å². The predicted octanol–water partition coefficient (Wildman–Crippen LogP) is 3.90. The number of halogens is 2. The maximum Gasteiger partial charge on any atom is 0.129 e. The van der Waals surface area contributed by atoms with Gasteiger partial charge in [-0.05, 0) is 36.1 Å². The molecule has 1 aromatic heterocycles. The van der Waals surface area contributed by atoms with Gasteiger partial charge in [0.05, 0.1) is 6.04 Å². The van der Waals surface area contributed by atoms with Crippen molar-refractivity contribution in [1.29, 1.82) is 0 Å². The fourth-order valence-corrected chi connectivity index (χ4v) is 2.86. The van der Waals surface area contributed by atoms with E-state index in [1.807, 2.05) is 18.4 Å². The molecule has 0 radical (unpaired) electrons. The van der Waals surface area contributed by atoms with Gasteiger partial charge >= 0.3 is 0 Å². The number of benzene rings is 1. The van der Waals surface area contributed by atoms with Crippen molar-refractivity contribution in [2.75, 3.05) is 0 Å². The molecule has 0 saturated heterocycles. The van der Waals surface area contributed by atoms with E-state index >= 15 is 0 Å². The van der Waals surface area contributed by atoms with Crippen LogP contribution in [0.4, 0.5) is 4.39 Å².